The van der Waals surface area contributed by atoms with Crippen LogP contribution in [0.3, 0.4) is 0 Å². The van der Waals surface area contributed by atoms with Crippen molar-refractivity contribution in [2.45, 2.75) is 51.4 Å². The largest absolute Gasteiger partial charge is 0.273 e. The van der Waals surface area contributed by atoms with Crippen molar-refractivity contribution in [2.75, 3.05) is 0 Å². The van der Waals surface area contributed by atoms with Crippen LogP contribution in [0.15, 0.2) is 5.10 Å². The fraction of sp³-hybridized carbons (Fsp3) is 0.846. The van der Waals surface area contributed by atoms with Gasteiger partial charge in [-0.25, -0.2) is 10.2 Å². The van der Waals surface area contributed by atoms with Crippen LogP contribution in [0.25, 0.3) is 0 Å². The van der Waals surface area contributed by atoms with Gasteiger partial charge in [0.2, 0.25) is 5.91 Å². The summed E-state index contributed by atoms with van der Waals surface area (Å²) in [6.45, 7) is 0. The fourth-order valence-electron chi connectivity index (χ4n) is 3.60. The highest BCUT2D eigenvalue weighted by atomic mass is 16.2. The Hall–Kier alpha value is -1.15. The first kappa shape index (κ1) is 12.3. The molecule has 4 heteroatoms. The van der Waals surface area contributed by atoms with Crippen LogP contribution in [0, 0.1) is 17.8 Å². The van der Waals surface area contributed by atoms with Gasteiger partial charge in [0.15, 0.2) is 0 Å². The molecule has 0 radical (unpaired) electrons. The first-order chi connectivity index (χ1) is 8.33. The van der Waals surface area contributed by atoms with Crippen LogP contribution in [-0.4, -0.2) is 12.0 Å². The van der Waals surface area contributed by atoms with E-state index < -0.39 is 0 Å². The summed E-state index contributed by atoms with van der Waals surface area (Å²) in [5, 5.41) is 3.23. The molecule has 17 heavy (non-hydrogen) atoms. The van der Waals surface area contributed by atoms with Gasteiger partial charge in [-0.3, -0.25) is 4.79 Å². The number of amides is 1. The van der Waals surface area contributed by atoms with E-state index in [0.29, 0.717) is 11.8 Å². The second-order valence-electron chi connectivity index (χ2n) is 5.29. The molecular weight excluding hydrogens is 216 g/mol. The summed E-state index contributed by atoms with van der Waals surface area (Å²) in [6, 6.07) is 0. The Morgan fingerprint density at radius 2 is 1.53 bits per heavy atom. The lowest BCUT2D eigenvalue weighted by Gasteiger charge is -2.26. The molecule has 0 heterocycles. The van der Waals surface area contributed by atoms with E-state index in [9.17, 15) is 9.59 Å². The Bertz CT molecular complexity index is 295. The van der Waals surface area contributed by atoms with Crippen molar-refractivity contribution in [3.8, 4) is 0 Å². The van der Waals surface area contributed by atoms with E-state index >= 15 is 0 Å². The molecule has 0 bridgehead atoms. The van der Waals surface area contributed by atoms with Crippen molar-refractivity contribution in [2.24, 2.45) is 22.9 Å². The molecule has 2 rings (SSSR count). The number of hydrogen-bond acceptors (Lipinski definition) is 3. The van der Waals surface area contributed by atoms with Gasteiger partial charge in [-0.15, -0.1) is 0 Å². The van der Waals surface area contributed by atoms with E-state index in [-0.39, 0.29) is 11.8 Å². The average molecular weight is 236 g/mol. The maximum atomic E-state index is 12.1. The molecule has 2 fully saturated rings. The second kappa shape index (κ2) is 5.97. The number of hydrogen-bond donors (Lipinski definition) is 1. The maximum Gasteiger partial charge on any atom is 0.258 e. The van der Waals surface area contributed by atoms with E-state index in [2.05, 4.69) is 10.5 Å². The zero-order chi connectivity index (χ0) is 12.1. The zero-order valence-electron chi connectivity index (χ0n) is 10.2. The predicted molar refractivity (Wildman–Crippen MR) is 63.7 cm³/mol. The van der Waals surface area contributed by atoms with E-state index in [0.717, 1.165) is 25.7 Å². The summed E-state index contributed by atoms with van der Waals surface area (Å²) in [5.74, 6) is 1.00. The van der Waals surface area contributed by atoms with Crippen LogP contribution in [-0.2, 0) is 9.59 Å². The van der Waals surface area contributed by atoms with Crippen molar-refractivity contribution in [3.05, 3.63) is 0 Å². The molecule has 94 valence electrons. The van der Waals surface area contributed by atoms with Gasteiger partial charge in [0, 0.05) is 5.92 Å². The third kappa shape index (κ3) is 2.95. The number of nitrogens with zero attached hydrogens (tertiary/aromatic N) is 1. The highest BCUT2D eigenvalue weighted by Gasteiger charge is 2.37. The highest BCUT2D eigenvalue weighted by molar-refractivity contribution is 5.79. The molecule has 0 aromatic carbocycles. The van der Waals surface area contributed by atoms with E-state index in [1.165, 1.54) is 31.8 Å². The minimum atomic E-state index is -0.0628. The molecule has 2 aliphatic rings. The lowest BCUT2D eigenvalue weighted by atomic mass is 9.79. The van der Waals surface area contributed by atoms with E-state index in [1.54, 1.807) is 0 Å². The Kier molecular flexibility index (Phi) is 4.32. The number of nitrogens with one attached hydrogen (secondary N) is 1. The molecule has 0 atom stereocenters. The lowest BCUT2D eigenvalue weighted by Crippen LogP contribution is -2.35. The minimum absolute atomic E-state index is 0.0628. The Labute approximate surface area is 102 Å². The monoisotopic (exact) mass is 236 g/mol. The number of carbonyl (C=O) groups is 1. The van der Waals surface area contributed by atoms with Crippen molar-refractivity contribution >= 4 is 12.0 Å². The third-order valence-electron chi connectivity index (χ3n) is 4.33. The van der Waals surface area contributed by atoms with Gasteiger partial charge >= 0.3 is 0 Å². The Morgan fingerprint density at radius 1 is 1.06 bits per heavy atom. The molecule has 4 nitrogen and oxygen atoms in total. The van der Waals surface area contributed by atoms with Crippen LogP contribution in [0.1, 0.15) is 51.4 Å². The summed E-state index contributed by atoms with van der Waals surface area (Å²) in [5.41, 5.74) is 2.35. The molecular formula is C13H20N2O2. The predicted octanol–water partition coefficient (Wildman–Crippen LogP) is 2.35. The molecule has 2 aliphatic carbocycles. The molecule has 0 aromatic heterocycles. The quantitative estimate of drug-likeness (QED) is 0.463. The van der Waals surface area contributed by atoms with E-state index in [1.807, 2.05) is 0 Å². The van der Waals surface area contributed by atoms with Gasteiger partial charge in [0.05, 0.1) is 0 Å². The molecule has 0 spiro atoms. The van der Waals surface area contributed by atoms with E-state index in [4.69, 9.17) is 0 Å². The Morgan fingerprint density at radius 3 is 1.94 bits per heavy atom. The van der Waals surface area contributed by atoms with Crippen molar-refractivity contribution in [3.63, 3.8) is 0 Å². The van der Waals surface area contributed by atoms with Gasteiger partial charge in [0.1, 0.15) is 0 Å². The van der Waals surface area contributed by atoms with Gasteiger partial charge in [-0.1, -0.05) is 30.8 Å². The molecule has 0 unspecified atom stereocenters. The normalized spacial score (nSPS) is 21.7. The molecule has 0 aliphatic heterocycles. The van der Waals surface area contributed by atoms with Crippen LogP contribution in [0.5, 0.6) is 0 Å². The van der Waals surface area contributed by atoms with Crippen LogP contribution >= 0.6 is 0 Å². The number of hydrazone groups is 1. The molecule has 0 saturated heterocycles. The standard InChI is InChI=1S/C13H20N2O2/c16-9-14-15-13(17)12(10-5-1-2-6-10)11-7-3-4-8-11/h10-12H,1-8H2,(H,15,17). The van der Waals surface area contributed by atoms with Gasteiger partial charge < -0.3 is 0 Å². The zero-order valence-corrected chi connectivity index (χ0v) is 10.2. The van der Waals surface area contributed by atoms with Gasteiger partial charge in [-0.2, -0.15) is 0 Å². The lowest BCUT2D eigenvalue weighted by molar-refractivity contribution is -0.128. The Balaban J connectivity index is 2.04. The molecule has 1 N–H and O–H groups in total. The summed E-state index contributed by atoms with van der Waals surface area (Å²) in [6.07, 6.45) is 10.9. The second-order valence-corrected chi connectivity index (χ2v) is 5.29. The van der Waals surface area contributed by atoms with Crippen molar-refractivity contribution in [1.29, 1.82) is 0 Å². The molecule has 2 saturated carbocycles. The van der Waals surface area contributed by atoms with Crippen LogP contribution in [0.2, 0.25) is 0 Å². The highest BCUT2D eigenvalue weighted by Crippen LogP contribution is 2.41. The number of rotatable bonds is 4. The van der Waals surface area contributed by atoms with Gasteiger partial charge in [0.25, 0.3) is 6.08 Å². The van der Waals surface area contributed by atoms with Crippen LogP contribution < -0.4 is 5.43 Å². The van der Waals surface area contributed by atoms with Crippen molar-refractivity contribution in [1.82, 2.24) is 5.43 Å². The van der Waals surface area contributed by atoms with Crippen LogP contribution in [0.4, 0.5) is 0 Å². The SMILES string of the molecule is O=C=NNC(=O)C(C1CCCC1)C1CCCC1. The summed E-state index contributed by atoms with van der Waals surface area (Å²) >= 11 is 0. The van der Waals surface area contributed by atoms with Crippen molar-refractivity contribution < 1.29 is 9.59 Å². The number of isocyanates is 1. The molecule has 0 aromatic rings. The summed E-state index contributed by atoms with van der Waals surface area (Å²) in [4.78, 5) is 22.2. The summed E-state index contributed by atoms with van der Waals surface area (Å²) < 4.78 is 0. The first-order valence-electron chi connectivity index (χ1n) is 6.69. The number of carbonyl (C=O) groups excluding carboxylic acids is 2. The summed E-state index contributed by atoms with van der Waals surface area (Å²) in [7, 11) is 0. The fourth-order valence-corrected chi connectivity index (χ4v) is 3.60. The minimum Gasteiger partial charge on any atom is -0.273 e. The third-order valence-corrected chi connectivity index (χ3v) is 4.33. The van der Waals surface area contributed by atoms with Gasteiger partial charge in [-0.05, 0) is 37.5 Å². The maximum absolute atomic E-state index is 12.1. The first-order valence-corrected chi connectivity index (χ1v) is 6.69. The topological polar surface area (TPSA) is 58.5 Å². The molecule has 1 amide bonds. The smallest absolute Gasteiger partial charge is 0.258 e. The average Bonchev–Trinajstić information content (AvgIpc) is 2.99.